The number of hydrogen-bond donors (Lipinski definition) is 6. The van der Waals surface area contributed by atoms with Gasteiger partial charge in [-0.25, -0.2) is 20.7 Å². The van der Waals surface area contributed by atoms with Gasteiger partial charge in [0.25, 0.3) is 0 Å². The summed E-state index contributed by atoms with van der Waals surface area (Å²) in [6.45, 7) is 4.31. The van der Waals surface area contributed by atoms with Crippen LogP contribution in [0.5, 0.6) is 5.75 Å². The van der Waals surface area contributed by atoms with Crippen molar-refractivity contribution in [3.8, 4) is 5.75 Å². The average Bonchev–Trinajstić information content (AvgIpc) is 2.79. The van der Waals surface area contributed by atoms with Crippen LogP contribution in [-0.4, -0.2) is 23.0 Å². The largest absolute Gasteiger partial charge is 0.482 e. The van der Waals surface area contributed by atoms with Crippen LogP contribution in [0, 0.1) is 11.2 Å². The number of rotatable bonds is 11. The second-order valence-corrected chi connectivity index (χ2v) is 8.50. The van der Waals surface area contributed by atoms with Gasteiger partial charge in [-0.05, 0) is 70.0 Å². The fourth-order valence-electron chi connectivity index (χ4n) is 2.95. The minimum absolute atomic E-state index is 0.101. The van der Waals surface area contributed by atoms with Crippen molar-refractivity contribution in [2.45, 2.75) is 26.4 Å². The topological polar surface area (TPSA) is 146 Å². The first-order valence-electron chi connectivity index (χ1n) is 9.85. The highest BCUT2D eigenvalue weighted by molar-refractivity contribution is 9.11. The Labute approximate surface area is 208 Å². The summed E-state index contributed by atoms with van der Waals surface area (Å²) in [5, 5.41) is 21.5. The van der Waals surface area contributed by atoms with Crippen molar-refractivity contribution in [3.05, 3.63) is 68.4 Å². The number of halogens is 3. The lowest BCUT2D eigenvalue weighted by Crippen LogP contribution is -2.32. The van der Waals surface area contributed by atoms with E-state index in [1.54, 1.807) is 13.0 Å². The third-order valence-electron chi connectivity index (χ3n) is 4.58. The minimum atomic E-state index is -0.685. The molecule has 178 valence electrons. The third-order valence-corrected chi connectivity index (χ3v) is 5.80. The fourth-order valence-corrected chi connectivity index (χ4v) is 3.80. The van der Waals surface area contributed by atoms with Gasteiger partial charge in [0.15, 0.2) is 11.6 Å². The van der Waals surface area contributed by atoms with Gasteiger partial charge in [0.1, 0.15) is 11.9 Å². The number of aromatic nitrogens is 1. The quantitative estimate of drug-likeness (QED) is 0.0964. The second kappa shape index (κ2) is 12.5. The second-order valence-electron chi connectivity index (χ2n) is 6.79. The van der Waals surface area contributed by atoms with E-state index in [0.29, 0.717) is 38.1 Å². The molecular formula is C21H26Br2FN7O2. The number of benzene rings is 1. The zero-order chi connectivity index (χ0) is 24.5. The molecule has 2 aromatic rings. The highest BCUT2D eigenvalue weighted by Gasteiger charge is 2.21. The summed E-state index contributed by atoms with van der Waals surface area (Å²) < 4.78 is 21.4. The molecule has 0 saturated heterocycles. The van der Waals surface area contributed by atoms with Crippen molar-refractivity contribution in [1.29, 1.82) is 5.41 Å². The summed E-state index contributed by atoms with van der Waals surface area (Å²) in [7, 11) is 0. The summed E-state index contributed by atoms with van der Waals surface area (Å²) in [6, 6.07) is 5.73. The molecule has 1 unspecified atom stereocenters. The number of ether oxygens (including phenoxy) is 1. The molecule has 0 aliphatic heterocycles. The Morgan fingerprint density at radius 2 is 2.15 bits per heavy atom. The maximum Gasteiger partial charge on any atom is 0.192 e. The average molecular weight is 587 g/mol. The van der Waals surface area contributed by atoms with Crippen molar-refractivity contribution in [2.24, 2.45) is 11.6 Å². The van der Waals surface area contributed by atoms with Gasteiger partial charge in [-0.3, -0.25) is 10.2 Å². The van der Waals surface area contributed by atoms with Crippen LogP contribution < -0.4 is 32.1 Å². The van der Waals surface area contributed by atoms with E-state index in [1.165, 1.54) is 41.8 Å². The van der Waals surface area contributed by atoms with Gasteiger partial charge in [0.05, 0.1) is 16.0 Å². The molecule has 9 nitrogen and oxygen atoms in total. The molecule has 1 aromatic carbocycles. The standard InChI is InChI=1S/C21H26Br2FN7O2/c1-3-28-20(23)13(9-25)6-16(10-26)31(27)18-5-4-15(24)8-17(18)12(2)33-19-7-14(22)11-29-21(19)30-32/h4-5,7-12,25,28,32H,3,6,26-27H2,1-2H3,(H,29,30)/b16-10-,20-13-,25-9?. The number of nitrogens with one attached hydrogen (secondary N) is 3. The van der Waals surface area contributed by atoms with Gasteiger partial charge in [-0.2, -0.15) is 0 Å². The first-order chi connectivity index (χ1) is 15.7. The lowest BCUT2D eigenvalue weighted by molar-refractivity contribution is 0.224. The normalized spacial score (nSPS) is 13.1. The Balaban J connectivity index is 2.41. The Hall–Kier alpha value is -2.67. The van der Waals surface area contributed by atoms with E-state index in [-0.39, 0.29) is 18.0 Å². The molecule has 0 amide bonds. The van der Waals surface area contributed by atoms with Crippen molar-refractivity contribution in [1.82, 2.24) is 10.3 Å². The van der Waals surface area contributed by atoms with Crippen LogP contribution in [0.3, 0.4) is 0 Å². The van der Waals surface area contributed by atoms with Crippen molar-refractivity contribution >= 4 is 49.6 Å². The number of pyridine rings is 1. The minimum Gasteiger partial charge on any atom is -0.482 e. The number of allylic oxidation sites excluding steroid dienone is 1. The third kappa shape index (κ3) is 6.90. The zero-order valence-electron chi connectivity index (χ0n) is 18.1. The van der Waals surface area contributed by atoms with E-state index >= 15 is 0 Å². The van der Waals surface area contributed by atoms with E-state index in [9.17, 15) is 9.60 Å². The molecule has 8 N–H and O–H groups in total. The number of hydrogen-bond acceptors (Lipinski definition) is 9. The maximum absolute atomic E-state index is 14.2. The molecule has 0 fully saturated rings. The molecule has 1 aromatic heterocycles. The summed E-state index contributed by atoms with van der Waals surface area (Å²) in [4.78, 5) is 4.03. The van der Waals surface area contributed by atoms with E-state index in [0.717, 1.165) is 0 Å². The predicted octanol–water partition coefficient (Wildman–Crippen LogP) is 4.66. The Bertz CT molecular complexity index is 1050. The molecule has 1 heterocycles. The number of anilines is 2. The molecule has 33 heavy (non-hydrogen) atoms. The fraction of sp³-hybridized carbons (Fsp3) is 0.238. The molecule has 0 bridgehead atoms. The van der Waals surface area contributed by atoms with Gasteiger partial charge >= 0.3 is 0 Å². The number of nitrogens with two attached hydrogens (primary N) is 2. The Morgan fingerprint density at radius 1 is 1.42 bits per heavy atom. The molecule has 12 heteroatoms. The van der Waals surface area contributed by atoms with Crippen LogP contribution >= 0.6 is 31.9 Å². The van der Waals surface area contributed by atoms with Crippen LogP contribution in [0.2, 0.25) is 0 Å². The van der Waals surface area contributed by atoms with E-state index in [2.05, 4.69) is 42.2 Å². The maximum atomic E-state index is 14.2. The van der Waals surface area contributed by atoms with Gasteiger partial charge < -0.3 is 21.2 Å². The lowest BCUT2D eigenvalue weighted by Gasteiger charge is -2.27. The first-order valence-corrected chi connectivity index (χ1v) is 11.4. The van der Waals surface area contributed by atoms with Crippen molar-refractivity contribution < 1.29 is 14.3 Å². The van der Waals surface area contributed by atoms with Crippen LogP contribution in [0.4, 0.5) is 15.9 Å². The van der Waals surface area contributed by atoms with E-state index in [1.807, 2.05) is 12.4 Å². The first kappa shape index (κ1) is 26.6. The molecule has 0 spiro atoms. The number of hydrazine groups is 1. The van der Waals surface area contributed by atoms with Gasteiger partial charge in [-0.15, -0.1) is 0 Å². The van der Waals surface area contributed by atoms with Crippen LogP contribution in [0.25, 0.3) is 0 Å². The lowest BCUT2D eigenvalue weighted by atomic mass is 10.1. The van der Waals surface area contributed by atoms with Crippen LogP contribution in [0.15, 0.2) is 57.0 Å². The Morgan fingerprint density at radius 3 is 2.76 bits per heavy atom. The zero-order valence-corrected chi connectivity index (χ0v) is 21.2. The smallest absolute Gasteiger partial charge is 0.192 e. The van der Waals surface area contributed by atoms with Crippen LogP contribution in [-0.2, 0) is 0 Å². The molecule has 0 radical (unpaired) electrons. The van der Waals surface area contributed by atoms with E-state index < -0.39 is 11.9 Å². The highest BCUT2D eigenvalue weighted by atomic mass is 79.9. The van der Waals surface area contributed by atoms with Crippen molar-refractivity contribution in [2.75, 3.05) is 17.0 Å². The molecule has 1 atom stereocenters. The monoisotopic (exact) mass is 585 g/mol. The van der Waals surface area contributed by atoms with Gasteiger partial charge in [-0.1, -0.05) is 0 Å². The van der Waals surface area contributed by atoms with Gasteiger partial charge in [0.2, 0.25) is 0 Å². The summed E-state index contributed by atoms with van der Waals surface area (Å²) >= 11 is 6.72. The molecule has 0 saturated carbocycles. The van der Waals surface area contributed by atoms with E-state index in [4.69, 9.17) is 21.7 Å². The summed E-state index contributed by atoms with van der Waals surface area (Å²) in [5.41, 5.74) is 9.81. The van der Waals surface area contributed by atoms with Crippen LogP contribution in [0.1, 0.15) is 31.9 Å². The molecule has 2 rings (SSSR count). The summed E-state index contributed by atoms with van der Waals surface area (Å²) in [6.07, 6.45) is 3.58. The Kier molecular flexibility index (Phi) is 10.1. The highest BCUT2D eigenvalue weighted by Crippen LogP contribution is 2.35. The number of nitrogens with zero attached hydrogens (tertiary/aromatic N) is 2. The summed E-state index contributed by atoms with van der Waals surface area (Å²) in [5.74, 6) is 6.26. The molecule has 0 aliphatic rings. The van der Waals surface area contributed by atoms with Gasteiger partial charge in [0, 0.05) is 47.2 Å². The molecular weight excluding hydrogens is 561 g/mol. The molecule has 0 aliphatic carbocycles. The van der Waals surface area contributed by atoms with Crippen molar-refractivity contribution in [3.63, 3.8) is 0 Å². The predicted molar refractivity (Wildman–Crippen MR) is 135 cm³/mol. The SMILES string of the molecule is CCN/C(Br)=C(\C=N)C/C(=C/N)N(N)c1ccc(F)cc1C(C)Oc1cc(Br)cnc1NO.